The molecule has 0 aliphatic carbocycles. The first-order valence-corrected chi connectivity index (χ1v) is 10.0. The number of hydrogen-bond acceptors (Lipinski definition) is 4. The van der Waals surface area contributed by atoms with E-state index < -0.39 is 12.0 Å². The second-order valence-corrected chi connectivity index (χ2v) is 7.36. The molecule has 1 saturated heterocycles. The van der Waals surface area contributed by atoms with E-state index in [1.54, 1.807) is 0 Å². The Labute approximate surface area is 166 Å². The molecule has 1 aliphatic rings. The molecule has 150 valence electrons. The number of carbonyl (C=O) groups excluding carboxylic acids is 1. The van der Waals surface area contributed by atoms with Crippen molar-refractivity contribution in [1.82, 2.24) is 15.1 Å². The highest BCUT2D eigenvalue weighted by molar-refractivity contribution is 5.85. The lowest BCUT2D eigenvalue weighted by atomic mass is 10.0. The largest absolute Gasteiger partial charge is 0.480 e. The fraction of sp³-hybridized carbons (Fsp3) is 0.455. The summed E-state index contributed by atoms with van der Waals surface area (Å²) < 4.78 is 0. The number of benzene rings is 2. The van der Waals surface area contributed by atoms with Gasteiger partial charge in [-0.1, -0.05) is 55.8 Å². The number of rotatable bonds is 8. The monoisotopic (exact) mass is 383 g/mol. The predicted octanol–water partition coefficient (Wildman–Crippen LogP) is 2.33. The molecule has 2 aromatic carbocycles. The molecule has 1 fully saturated rings. The zero-order valence-electron chi connectivity index (χ0n) is 16.4. The fourth-order valence-electron chi connectivity index (χ4n) is 3.75. The van der Waals surface area contributed by atoms with Gasteiger partial charge in [-0.05, 0) is 22.8 Å². The smallest absolute Gasteiger partial charge is 0.320 e. The molecule has 6 nitrogen and oxygen atoms in total. The van der Waals surface area contributed by atoms with E-state index in [4.69, 9.17) is 0 Å². The second-order valence-electron chi connectivity index (χ2n) is 7.36. The van der Waals surface area contributed by atoms with Crippen molar-refractivity contribution in [2.45, 2.75) is 32.4 Å². The molecule has 2 aromatic rings. The molecule has 0 radical (unpaired) electrons. The van der Waals surface area contributed by atoms with Crippen molar-refractivity contribution in [1.29, 1.82) is 0 Å². The topological polar surface area (TPSA) is 72.9 Å². The van der Waals surface area contributed by atoms with Crippen LogP contribution in [0, 0.1) is 0 Å². The summed E-state index contributed by atoms with van der Waals surface area (Å²) in [7, 11) is 0. The van der Waals surface area contributed by atoms with Crippen molar-refractivity contribution in [3.63, 3.8) is 0 Å². The number of nitrogens with one attached hydrogen (secondary N) is 1. The minimum Gasteiger partial charge on any atom is -0.480 e. The highest BCUT2D eigenvalue weighted by Gasteiger charge is 2.23. The lowest BCUT2D eigenvalue weighted by Crippen LogP contribution is -2.51. The molecular formula is C22H29N3O3. The maximum Gasteiger partial charge on any atom is 0.320 e. The van der Waals surface area contributed by atoms with Gasteiger partial charge in [-0.25, -0.2) is 0 Å². The molecule has 0 spiro atoms. The summed E-state index contributed by atoms with van der Waals surface area (Å²) in [6, 6.07) is 14.2. The third-order valence-corrected chi connectivity index (χ3v) is 5.37. The van der Waals surface area contributed by atoms with Gasteiger partial charge in [0.1, 0.15) is 6.04 Å². The van der Waals surface area contributed by atoms with Crippen LogP contribution >= 0.6 is 0 Å². The number of aliphatic carboxylic acids is 1. The number of carboxylic acid groups (broad SMARTS) is 1. The van der Waals surface area contributed by atoms with E-state index in [0.717, 1.165) is 26.1 Å². The van der Waals surface area contributed by atoms with Crippen LogP contribution < -0.4 is 5.32 Å². The first kappa shape index (κ1) is 20.3. The zero-order chi connectivity index (χ0) is 19.9. The molecule has 6 heteroatoms. The number of nitrogens with zero attached hydrogens (tertiary/aromatic N) is 2. The standard InChI is InChI=1S/C22H29N3O3/c1-2-6-20(22(27)28)23-15-21(26)25-13-11-24(12-14-25)16-18-9-5-8-17-7-3-4-10-19(17)18/h3-5,7-10,20,23H,2,6,11-16H2,1H3,(H,27,28). The van der Waals surface area contributed by atoms with Gasteiger partial charge in [-0.3, -0.25) is 19.8 Å². The van der Waals surface area contributed by atoms with E-state index in [-0.39, 0.29) is 12.5 Å². The molecule has 1 atom stereocenters. The number of amides is 1. The van der Waals surface area contributed by atoms with Crippen molar-refractivity contribution in [2.24, 2.45) is 0 Å². The third kappa shape index (κ3) is 5.09. The van der Waals surface area contributed by atoms with Crippen LogP contribution in [0.25, 0.3) is 10.8 Å². The molecular weight excluding hydrogens is 354 g/mol. The number of fused-ring (bicyclic) bond motifs is 1. The normalized spacial score (nSPS) is 16.2. The lowest BCUT2D eigenvalue weighted by molar-refractivity contribution is -0.140. The molecule has 2 N–H and O–H groups in total. The van der Waals surface area contributed by atoms with Crippen molar-refractivity contribution >= 4 is 22.6 Å². The Morgan fingerprint density at radius 3 is 2.50 bits per heavy atom. The average molecular weight is 383 g/mol. The van der Waals surface area contributed by atoms with E-state index in [2.05, 4.69) is 52.7 Å². The van der Waals surface area contributed by atoms with Crippen LogP contribution in [-0.4, -0.2) is 65.5 Å². The third-order valence-electron chi connectivity index (χ3n) is 5.37. The summed E-state index contributed by atoms with van der Waals surface area (Å²) in [5.74, 6) is -0.915. The Morgan fingerprint density at radius 1 is 1.07 bits per heavy atom. The minimum absolute atomic E-state index is 0.0211. The molecule has 0 bridgehead atoms. The number of piperazine rings is 1. The predicted molar refractivity (Wildman–Crippen MR) is 110 cm³/mol. The van der Waals surface area contributed by atoms with Crippen LogP contribution in [0.1, 0.15) is 25.3 Å². The molecule has 1 heterocycles. The van der Waals surface area contributed by atoms with Gasteiger partial charge in [0.15, 0.2) is 0 Å². The van der Waals surface area contributed by atoms with E-state index in [1.807, 2.05) is 11.8 Å². The first-order chi connectivity index (χ1) is 13.6. The summed E-state index contributed by atoms with van der Waals surface area (Å²) in [4.78, 5) is 27.8. The fourth-order valence-corrected chi connectivity index (χ4v) is 3.75. The zero-order valence-corrected chi connectivity index (χ0v) is 16.4. The average Bonchev–Trinajstić information content (AvgIpc) is 2.71. The summed E-state index contributed by atoms with van der Waals surface area (Å²) in [6.07, 6.45) is 1.30. The van der Waals surface area contributed by atoms with Gasteiger partial charge in [-0.15, -0.1) is 0 Å². The molecule has 28 heavy (non-hydrogen) atoms. The van der Waals surface area contributed by atoms with Crippen LogP contribution in [-0.2, 0) is 16.1 Å². The highest BCUT2D eigenvalue weighted by atomic mass is 16.4. The summed E-state index contributed by atoms with van der Waals surface area (Å²) >= 11 is 0. The van der Waals surface area contributed by atoms with Crippen LogP contribution in [0.5, 0.6) is 0 Å². The van der Waals surface area contributed by atoms with Crippen molar-refractivity contribution in [2.75, 3.05) is 32.7 Å². The van der Waals surface area contributed by atoms with Crippen molar-refractivity contribution < 1.29 is 14.7 Å². The van der Waals surface area contributed by atoms with Crippen molar-refractivity contribution in [3.8, 4) is 0 Å². The van der Waals surface area contributed by atoms with Gasteiger partial charge in [0.05, 0.1) is 6.54 Å². The minimum atomic E-state index is -0.894. The molecule has 0 saturated carbocycles. The molecule has 1 amide bonds. The van der Waals surface area contributed by atoms with Gasteiger partial charge in [0, 0.05) is 32.7 Å². The Bertz CT molecular complexity index is 810. The quantitative estimate of drug-likeness (QED) is 0.732. The van der Waals surface area contributed by atoms with Gasteiger partial charge >= 0.3 is 5.97 Å². The Hall–Kier alpha value is -2.44. The van der Waals surface area contributed by atoms with Crippen LogP contribution in [0.2, 0.25) is 0 Å². The van der Waals surface area contributed by atoms with Crippen molar-refractivity contribution in [3.05, 3.63) is 48.0 Å². The van der Waals surface area contributed by atoms with Gasteiger partial charge in [0.25, 0.3) is 0 Å². The van der Waals surface area contributed by atoms with Gasteiger partial charge in [0.2, 0.25) is 5.91 Å². The first-order valence-electron chi connectivity index (χ1n) is 10.0. The number of hydrogen-bond donors (Lipinski definition) is 2. The molecule has 0 aromatic heterocycles. The second kappa shape index (κ2) is 9.66. The summed E-state index contributed by atoms with van der Waals surface area (Å²) in [5.41, 5.74) is 1.31. The number of carboxylic acids is 1. The Kier molecular flexibility index (Phi) is 7.01. The van der Waals surface area contributed by atoms with Gasteiger partial charge in [-0.2, -0.15) is 0 Å². The maximum atomic E-state index is 12.4. The van der Waals surface area contributed by atoms with Crippen LogP contribution in [0.15, 0.2) is 42.5 Å². The Balaban J connectivity index is 1.50. The van der Waals surface area contributed by atoms with Crippen LogP contribution in [0.3, 0.4) is 0 Å². The van der Waals surface area contributed by atoms with Gasteiger partial charge < -0.3 is 10.0 Å². The molecule has 3 rings (SSSR count). The van der Waals surface area contributed by atoms with E-state index >= 15 is 0 Å². The summed E-state index contributed by atoms with van der Waals surface area (Å²) in [6.45, 7) is 5.90. The Morgan fingerprint density at radius 2 is 1.79 bits per heavy atom. The lowest BCUT2D eigenvalue weighted by Gasteiger charge is -2.35. The van der Waals surface area contributed by atoms with E-state index in [9.17, 15) is 14.7 Å². The number of carbonyl (C=O) groups is 2. The molecule has 1 aliphatic heterocycles. The van der Waals surface area contributed by atoms with Crippen LogP contribution in [0.4, 0.5) is 0 Å². The van der Waals surface area contributed by atoms with E-state index in [0.29, 0.717) is 19.5 Å². The SMILES string of the molecule is CCCC(NCC(=O)N1CCN(Cc2cccc3ccccc23)CC1)C(=O)O. The van der Waals surface area contributed by atoms with E-state index in [1.165, 1.54) is 16.3 Å². The highest BCUT2D eigenvalue weighted by Crippen LogP contribution is 2.20. The maximum absolute atomic E-state index is 12.4. The summed E-state index contributed by atoms with van der Waals surface area (Å²) in [5, 5.41) is 14.6. The molecule has 1 unspecified atom stereocenters.